The van der Waals surface area contributed by atoms with E-state index in [-0.39, 0.29) is 16.5 Å². The first-order valence-electron chi connectivity index (χ1n) is 1.71. The van der Waals surface area contributed by atoms with E-state index in [0.29, 0.717) is 25.9 Å². The predicted molar refractivity (Wildman–Crippen MR) is 33.3 cm³/mol. The van der Waals surface area contributed by atoms with Crippen molar-refractivity contribution >= 4 is 25.9 Å². The third-order valence-electron chi connectivity index (χ3n) is 0. The van der Waals surface area contributed by atoms with E-state index in [4.69, 9.17) is 39.6 Å². The minimum atomic E-state index is 0. The molecule has 0 bridgehead atoms. The normalized spacial score (nSPS) is 3.69. The van der Waals surface area contributed by atoms with Crippen LogP contribution in [-0.4, -0.2) is 46.3 Å². The number of hydrogen-bond acceptors (Lipinski definition) is 4. The zero-order valence-corrected chi connectivity index (χ0v) is 6.73. The Morgan fingerprint density at radius 1 is 0.538 bits per heavy atom. The van der Waals surface area contributed by atoms with Crippen LogP contribution in [0.3, 0.4) is 0 Å². The van der Waals surface area contributed by atoms with Crippen molar-refractivity contribution in [3.63, 3.8) is 0 Å². The second kappa shape index (κ2) is 162. The summed E-state index contributed by atoms with van der Waals surface area (Å²) in [6.45, 7) is 2.00. The Bertz CT molecular complexity index is 70.1. The summed E-state index contributed by atoms with van der Waals surface area (Å²) in [5.41, 5.74) is 0. The molecule has 0 spiro atoms. The van der Waals surface area contributed by atoms with Gasteiger partial charge in [0.05, 0.1) is 0 Å². The van der Waals surface area contributed by atoms with Crippen LogP contribution in [0, 0.1) is 0 Å². The molecule has 4 N–H and O–H groups in total. The molecule has 0 unspecified atom stereocenters. The van der Waals surface area contributed by atoms with Crippen LogP contribution in [0.5, 0.6) is 0 Å². The molecule has 0 aromatic carbocycles. The van der Waals surface area contributed by atoms with Crippen molar-refractivity contribution in [3.8, 4) is 0 Å². The first kappa shape index (κ1) is 30.1. The van der Waals surface area contributed by atoms with Gasteiger partial charge >= 0.3 is 0 Å². The fourth-order valence-electron chi connectivity index (χ4n) is 0. The van der Waals surface area contributed by atoms with E-state index in [1.54, 1.807) is 0 Å². The summed E-state index contributed by atoms with van der Waals surface area (Å²) in [5, 5.41) is 27.1. The fraction of sp³-hybridized carbons (Fsp3) is 0. The third kappa shape index (κ3) is 275. The standard InChI is InChI=1S/4CHO2.Ni/c4*2-1-3;/h4*(H,2,3);/q4*-1;. The number of aliphatic hydroxyl groups excluding tert-OH is 4. The molecule has 8 nitrogen and oxygen atoms in total. The van der Waals surface area contributed by atoms with Gasteiger partial charge in [-0.3, -0.25) is 0 Å². The molecule has 0 rings (SSSR count). The van der Waals surface area contributed by atoms with Crippen molar-refractivity contribution in [2.24, 2.45) is 0 Å². The maximum absolute atomic E-state index is 8.24. The topological polar surface area (TPSA) is 149 Å². The Morgan fingerprint density at radius 3 is 0.538 bits per heavy atom. The molecule has 0 saturated heterocycles. The summed E-state index contributed by atoms with van der Waals surface area (Å²) in [6, 6.07) is 0. The average Bonchev–Trinajstić information content (AvgIpc) is 1.92. The smallest absolute Gasteiger partial charge is 0 e. The van der Waals surface area contributed by atoms with Gasteiger partial charge in [0.2, 0.25) is 0 Å². The minimum Gasteiger partial charge on any atom is -0.665 e. The molecule has 0 heterocycles. The molecule has 0 amide bonds. The summed E-state index contributed by atoms with van der Waals surface area (Å²) in [7, 11) is 0. The van der Waals surface area contributed by atoms with E-state index in [0.717, 1.165) is 0 Å². The summed E-state index contributed by atoms with van der Waals surface area (Å²) >= 11 is 0. The molecule has 9 heteroatoms. The Labute approximate surface area is 82.7 Å². The van der Waals surface area contributed by atoms with Crippen LogP contribution in [0.15, 0.2) is 0 Å². The van der Waals surface area contributed by atoms with E-state index >= 15 is 0 Å². The van der Waals surface area contributed by atoms with Crippen LogP contribution in [0.25, 0.3) is 0 Å². The molecule has 0 aliphatic heterocycles. The van der Waals surface area contributed by atoms with Crippen molar-refractivity contribution in [2.45, 2.75) is 0 Å². The minimum absolute atomic E-state index is 0. The molecular weight excluding hydrogens is 235 g/mol. The zero-order chi connectivity index (χ0) is 10.8. The summed E-state index contributed by atoms with van der Waals surface area (Å²) in [6.07, 6.45) is 0. The van der Waals surface area contributed by atoms with Gasteiger partial charge < -0.3 is 39.6 Å². The average molecular weight is 239 g/mol. The van der Waals surface area contributed by atoms with Gasteiger partial charge in [0.15, 0.2) is 0 Å². The molecule has 0 aliphatic rings. The van der Waals surface area contributed by atoms with Crippen molar-refractivity contribution in [3.05, 3.63) is 0 Å². The van der Waals surface area contributed by atoms with Gasteiger partial charge in [-0.25, -0.2) is 0 Å². The van der Waals surface area contributed by atoms with E-state index < -0.39 is 0 Å². The van der Waals surface area contributed by atoms with Gasteiger partial charge in [0, 0.05) is 16.5 Å². The molecule has 0 aromatic heterocycles. The van der Waals surface area contributed by atoms with Gasteiger partial charge in [-0.15, -0.1) is 0 Å². The van der Waals surface area contributed by atoms with Crippen molar-refractivity contribution in [1.29, 1.82) is 0 Å². The molecule has 0 aromatic rings. The molecule has 0 fully saturated rings. The molecule has 82 valence electrons. The maximum atomic E-state index is 8.24. The fourth-order valence-corrected chi connectivity index (χ4v) is 0. The Hall–Kier alpha value is -1.63. The Kier molecular flexibility index (Phi) is 375. The van der Waals surface area contributed by atoms with Crippen LogP contribution in [0.2, 0.25) is 0 Å². The molecule has 0 radical (unpaired) electrons. The van der Waals surface area contributed by atoms with Crippen molar-refractivity contribution in [2.75, 3.05) is 0 Å². The van der Waals surface area contributed by atoms with Crippen LogP contribution < -0.4 is 0 Å². The van der Waals surface area contributed by atoms with Crippen LogP contribution in [0.1, 0.15) is 0 Å². The molecule has 0 saturated carbocycles. The Balaban J connectivity index is -0.0000000213. The largest absolute Gasteiger partial charge is 0.665 e. The van der Waals surface area contributed by atoms with Crippen molar-refractivity contribution < 1.29 is 56.1 Å². The van der Waals surface area contributed by atoms with Crippen LogP contribution in [-0.2, 0) is 35.7 Å². The Morgan fingerprint density at radius 2 is 0.538 bits per heavy atom. The van der Waals surface area contributed by atoms with Crippen molar-refractivity contribution in [1.82, 2.24) is 0 Å². The zero-order valence-electron chi connectivity index (χ0n) is 5.74. The predicted octanol–water partition coefficient (Wildman–Crippen LogP) is -1.56. The first-order chi connectivity index (χ1) is 5.66. The second-order valence-corrected chi connectivity index (χ2v) is 0.365. The monoisotopic (exact) mass is 238 g/mol. The molecular formula is C4H4NiO8-4. The summed E-state index contributed by atoms with van der Waals surface area (Å²) in [4.78, 5) is 32.9. The number of hydrogen-bond donors (Lipinski definition) is 4. The van der Waals surface area contributed by atoms with E-state index in [1.807, 2.05) is 0 Å². The third-order valence-corrected chi connectivity index (χ3v) is 0. The second-order valence-electron chi connectivity index (χ2n) is 0.365. The molecule has 0 aliphatic carbocycles. The van der Waals surface area contributed by atoms with Gasteiger partial charge in [-0.05, 0) is 0 Å². The summed E-state index contributed by atoms with van der Waals surface area (Å²) in [5.74, 6) is 0. The SMILES string of the molecule is O=[C-]O.O=[C-]O.O=[C-]O.O=[C-]O.[Ni]. The quantitative estimate of drug-likeness (QED) is 0.292. The van der Waals surface area contributed by atoms with Gasteiger partial charge in [0.25, 0.3) is 0 Å². The van der Waals surface area contributed by atoms with E-state index in [2.05, 4.69) is 0 Å². The van der Waals surface area contributed by atoms with E-state index in [9.17, 15) is 0 Å². The molecule has 13 heavy (non-hydrogen) atoms. The van der Waals surface area contributed by atoms with Crippen LogP contribution in [0.4, 0.5) is 0 Å². The summed E-state index contributed by atoms with van der Waals surface area (Å²) < 4.78 is 0. The maximum Gasteiger partial charge on any atom is 0 e. The first-order valence-corrected chi connectivity index (χ1v) is 1.71. The van der Waals surface area contributed by atoms with Gasteiger partial charge in [0.1, 0.15) is 0 Å². The number of rotatable bonds is 0. The van der Waals surface area contributed by atoms with Gasteiger partial charge in [-0.1, -0.05) is 25.9 Å². The molecule has 0 atom stereocenters. The van der Waals surface area contributed by atoms with Crippen LogP contribution >= 0.6 is 0 Å². The van der Waals surface area contributed by atoms with E-state index in [1.165, 1.54) is 0 Å². The van der Waals surface area contributed by atoms with Gasteiger partial charge in [-0.2, -0.15) is 0 Å².